The number of halogens is 2. The Balaban J connectivity index is 2.37. The molecule has 1 unspecified atom stereocenters. The van der Waals surface area contributed by atoms with Gasteiger partial charge >= 0.3 is 0 Å². The van der Waals surface area contributed by atoms with E-state index in [1.54, 1.807) is 0 Å². The molecular weight excluding hydrogens is 293 g/mol. The van der Waals surface area contributed by atoms with Gasteiger partial charge in [-0.05, 0) is 6.07 Å². The summed E-state index contributed by atoms with van der Waals surface area (Å²) in [5.41, 5.74) is 5.95. The summed E-state index contributed by atoms with van der Waals surface area (Å²) in [6, 6.07) is 2.78. The predicted octanol–water partition coefficient (Wildman–Crippen LogP) is 2.07. The number of benzene rings is 1. The van der Waals surface area contributed by atoms with E-state index < -0.39 is 4.92 Å². The van der Waals surface area contributed by atoms with Gasteiger partial charge in [-0.25, -0.2) is 0 Å². The van der Waals surface area contributed by atoms with Crippen LogP contribution in [0.15, 0.2) is 12.1 Å². The molecule has 8 heteroatoms. The van der Waals surface area contributed by atoms with E-state index >= 15 is 0 Å². The Morgan fingerprint density at radius 2 is 2.16 bits per heavy atom. The Morgan fingerprint density at radius 1 is 1.47 bits per heavy atom. The number of nitro groups is 1. The summed E-state index contributed by atoms with van der Waals surface area (Å²) < 4.78 is 5.44. The molecule has 2 N–H and O–H groups in total. The van der Waals surface area contributed by atoms with E-state index in [-0.39, 0.29) is 21.8 Å². The highest BCUT2D eigenvalue weighted by Crippen LogP contribution is 2.36. The van der Waals surface area contributed by atoms with Gasteiger partial charge in [0, 0.05) is 25.7 Å². The van der Waals surface area contributed by atoms with Gasteiger partial charge in [0.15, 0.2) is 0 Å². The van der Waals surface area contributed by atoms with E-state index in [1.165, 1.54) is 12.1 Å². The first kappa shape index (κ1) is 14.3. The Morgan fingerprint density at radius 3 is 2.79 bits per heavy atom. The summed E-state index contributed by atoms with van der Waals surface area (Å²) in [7, 11) is 0. The first-order valence-corrected chi connectivity index (χ1v) is 6.48. The lowest BCUT2D eigenvalue weighted by atomic mass is 10.2. The van der Waals surface area contributed by atoms with Crippen LogP contribution in [0.4, 0.5) is 11.4 Å². The van der Waals surface area contributed by atoms with Crippen molar-refractivity contribution in [3.8, 4) is 0 Å². The number of morpholine rings is 1. The molecule has 1 aromatic rings. The predicted molar refractivity (Wildman–Crippen MR) is 74.1 cm³/mol. The van der Waals surface area contributed by atoms with Crippen LogP contribution >= 0.6 is 23.2 Å². The number of anilines is 1. The molecule has 1 aliphatic heterocycles. The highest BCUT2D eigenvalue weighted by atomic mass is 35.5. The zero-order chi connectivity index (χ0) is 14.0. The van der Waals surface area contributed by atoms with Crippen LogP contribution in [-0.4, -0.2) is 37.3 Å². The zero-order valence-electron chi connectivity index (χ0n) is 10.0. The number of hydrogen-bond donors (Lipinski definition) is 1. The van der Waals surface area contributed by atoms with Gasteiger partial charge in [-0.2, -0.15) is 0 Å². The molecule has 0 saturated carbocycles. The van der Waals surface area contributed by atoms with Crippen LogP contribution in [-0.2, 0) is 4.74 Å². The summed E-state index contributed by atoms with van der Waals surface area (Å²) in [6.45, 7) is 1.88. The molecule has 1 atom stereocenters. The van der Waals surface area contributed by atoms with E-state index in [9.17, 15) is 10.1 Å². The molecule has 6 nitrogen and oxygen atoms in total. The Labute approximate surface area is 120 Å². The van der Waals surface area contributed by atoms with Gasteiger partial charge in [0.1, 0.15) is 5.69 Å². The summed E-state index contributed by atoms with van der Waals surface area (Å²) in [4.78, 5) is 12.5. The molecule has 0 aromatic heterocycles. The van der Waals surface area contributed by atoms with Gasteiger partial charge in [-0.1, -0.05) is 23.2 Å². The molecule has 0 amide bonds. The summed E-state index contributed by atoms with van der Waals surface area (Å²) >= 11 is 11.8. The Hall–Kier alpha value is -1.08. The quantitative estimate of drug-likeness (QED) is 0.683. The average molecular weight is 306 g/mol. The lowest BCUT2D eigenvalue weighted by Gasteiger charge is -2.33. The van der Waals surface area contributed by atoms with Crippen LogP contribution in [0.3, 0.4) is 0 Å². The van der Waals surface area contributed by atoms with Crippen molar-refractivity contribution < 1.29 is 9.66 Å². The van der Waals surface area contributed by atoms with Gasteiger partial charge in [0.25, 0.3) is 5.69 Å². The average Bonchev–Trinajstić information content (AvgIpc) is 2.41. The molecule has 1 heterocycles. The monoisotopic (exact) mass is 305 g/mol. The molecule has 104 valence electrons. The van der Waals surface area contributed by atoms with Crippen LogP contribution in [0.25, 0.3) is 0 Å². The Kier molecular flexibility index (Phi) is 4.46. The van der Waals surface area contributed by atoms with Crippen LogP contribution in [0, 0.1) is 10.1 Å². The first-order valence-electron chi connectivity index (χ1n) is 5.73. The highest BCUT2D eigenvalue weighted by Gasteiger charge is 2.26. The largest absolute Gasteiger partial charge is 0.373 e. The van der Waals surface area contributed by atoms with Crippen molar-refractivity contribution in [2.45, 2.75) is 6.10 Å². The fourth-order valence-corrected chi connectivity index (χ4v) is 2.32. The normalized spacial score (nSPS) is 19.5. The fourth-order valence-electron chi connectivity index (χ4n) is 2.01. The second kappa shape index (κ2) is 5.92. The third-order valence-electron chi connectivity index (χ3n) is 2.96. The van der Waals surface area contributed by atoms with Crippen molar-refractivity contribution >= 4 is 34.6 Å². The molecule has 1 fully saturated rings. The number of hydrogen-bond acceptors (Lipinski definition) is 5. The molecular formula is C11H13Cl2N3O3. The molecule has 1 saturated heterocycles. The third kappa shape index (κ3) is 3.09. The lowest BCUT2D eigenvalue weighted by molar-refractivity contribution is -0.384. The highest BCUT2D eigenvalue weighted by molar-refractivity contribution is 6.42. The van der Waals surface area contributed by atoms with Crippen molar-refractivity contribution in [2.24, 2.45) is 5.73 Å². The minimum Gasteiger partial charge on any atom is -0.373 e. The van der Waals surface area contributed by atoms with Crippen LogP contribution < -0.4 is 10.6 Å². The minimum absolute atomic E-state index is 0.0629. The second-order valence-electron chi connectivity index (χ2n) is 4.19. The van der Waals surface area contributed by atoms with E-state index in [4.69, 9.17) is 33.7 Å². The van der Waals surface area contributed by atoms with E-state index in [1.807, 2.05) is 4.90 Å². The van der Waals surface area contributed by atoms with Gasteiger partial charge in [0.2, 0.25) is 0 Å². The number of rotatable bonds is 3. The third-order valence-corrected chi connectivity index (χ3v) is 3.68. The van der Waals surface area contributed by atoms with Crippen LogP contribution in [0.1, 0.15) is 0 Å². The summed E-state index contributed by atoms with van der Waals surface area (Å²) in [5, 5.41) is 11.6. The SMILES string of the molecule is NCC1CN(c2cc(Cl)c(Cl)cc2[N+](=O)[O-])CCO1. The number of nitrogens with zero attached hydrogens (tertiary/aromatic N) is 2. The van der Waals surface area contributed by atoms with E-state index in [0.29, 0.717) is 31.9 Å². The van der Waals surface area contributed by atoms with Crippen molar-refractivity contribution in [1.82, 2.24) is 0 Å². The molecule has 19 heavy (non-hydrogen) atoms. The van der Waals surface area contributed by atoms with Gasteiger partial charge in [-0.15, -0.1) is 0 Å². The standard InChI is InChI=1S/C11H13Cl2N3O3/c12-8-3-10(11(16(17)18)4-9(8)13)15-1-2-19-7(5-14)6-15/h3-4,7H,1-2,5-6,14H2. The molecule has 0 radical (unpaired) electrons. The number of nitro benzene ring substituents is 1. The lowest BCUT2D eigenvalue weighted by Crippen LogP contribution is -2.45. The smallest absolute Gasteiger partial charge is 0.294 e. The van der Waals surface area contributed by atoms with Crippen molar-refractivity contribution in [2.75, 3.05) is 31.1 Å². The Bertz CT molecular complexity index is 498. The van der Waals surface area contributed by atoms with Crippen molar-refractivity contribution in [3.63, 3.8) is 0 Å². The van der Waals surface area contributed by atoms with Gasteiger partial charge < -0.3 is 15.4 Å². The van der Waals surface area contributed by atoms with E-state index in [0.717, 1.165) is 0 Å². The zero-order valence-corrected chi connectivity index (χ0v) is 11.5. The maximum atomic E-state index is 11.1. The molecule has 0 aliphatic carbocycles. The van der Waals surface area contributed by atoms with Crippen molar-refractivity contribution in [1.29, 1.82) is 0 Å². The van der Waals surface area contributed by atoms with Gasteiger partial charge in [0.05, 0.1) is 27.7 Å². The van der Waals surface area contributed by atoms with Crippen molar-refractivity contribution in [3.05, 3.63) is 32.3 Å². The molecule has 0 spiro atoms. The summed E-state index contributed by atoms with van der Waals surface area (Å²) in [5.74, 6) is 0. The summed E-state index contributed by atoms with van der Waals surface area (Å²) in [6.07, 6.45) is -0.136. The number of nitrogens with two attached hydrogens (primary N) is 1. The maximum Gasteiger partial charge on any atom is 0.294 e. The van der Waals surface area contributed by atoms with Crippen LogP contribution in [0.2, 0.25) is 10.0 Å². The fraction of sp³-hybridized carbons (Fsp3) is 0.455. The molecule has 2 rings (SSSR count). The minimum atomic E-state index is -0.468. The molecule has 1 aliphatic rings. The van der Waals surface area contributed by atoms with Gasteiger partial charge in [-0.3, -0.25) is 10.1 Å². The molecule has 0 bridgehead atoms. The maximum absolute atomic E-state index is 11.1. The first-order chi connectivity index (χ1) is 9.02. The number of ether oxygens (including phenoxy) is 1. The van der Waals surface area contributed by atoms with E-state index in [2.05, 4.69) is 0 Å². The second-order valence-corrected chi connectivity index (χ2v) is 5.00. The van der Waals surface area contributed by atoms with Crippen LogP contribution in [0.5, 0.6) is 0 Å². The topological polar surface area (TPSA) is 81.6 Å². The molecule has 1 aromatic carbocycles.